The van der Waals surface area contributed by atoms with Crippen molar-refractivity contribution in [2.24, 2.45) is 0 Å². The largest absolute Gasteiger partial charge is 0.463 e. The Hall–Kier alpha value is -0.790. The number of carbonyl (C=O) groups is 1. The first kappa shape index (κ1) is 17.2. The summed E-state index contributed by atoms with van der Waals surface area (Å²) in [5.74, 6) is -0.0887. The van der Waals surface area contributed by atoms with Crippen molar-refractivity contribution in [3.63, 3.8) is 0 Å². The van der Waals surface area contributed by atoms with E-state index in [1.54, 1.807) is 0 Å². The van der Waals surface area contributed by atoms with Crippen molar-refractivity contribution in [3.8, 4) is 0 Å². The number of ether oxygens (including phenoxy) is 1. The van der Waals surface area contributed by atoms with E-state index >= 15 is 0 Å². The van der Waals surface area contributed by atoms with Gasteiger partial charge in [-0.2, -0.15) is 0 Å². The summed E-state index contributed by atoms with van der Waals surface area (Å²) in [4.78, 5) is 11.2. The van der Waals surface area contributed by atoms with Gasteiger partial charge in [-0.3, -0.25) is 4.79 Å². The van der Waals surface area contributed by atoms with Crippen LogP contribution < -0.4 is 0 Å². The second kappa shape index (κ2) is 12.7. The average molecular weight is 254 g/mol. The second-order valence-electron chi connectivity index (χ2n) is 5.11. The predicted octanol–water partition coefficient (Wildman–Crippen LogP) is 5.03. The summed E-state index contributed by atoms with van der Waals surface area (Å²) < 4.78 is 5.06. The fourth-order valence-corrected chi connectivity index (χ4v) is 1.80. The van der Waals surface area contributed by atoms with Gasteiger partial charge in [0.2, 0.25) is 0 Å². The Morgan fingerprint density at radius 1 is 1.00 bits per heavy atom. The fraction of sp³-hybridized carbons (Fsp3) is 0.812. The number of hydrogen-bond acceptors (Lipinski definition) is 2. The summed E-state index contributed by atoms with van der Waals surface area (Å²) in [6.07, 6.45) is 14.8. The quantitative estimate of drug-likeness (QED) is 0.294. The Bertz CT molecular complexity index is 219. The Kier molecular flexibility index (Phi) is 12.1. The number of carbonyl (C=O) groups excluding carboxylic acids is 1. The van der Waals surface area contributed by atoms with Gasteiger partial charge < -0.3 is 4.74 Å². The molecule has 0 bridgehead atoms. The van der Waals surface area contributed by atoms with Crippen LogP contribution in [0.15, 0.2) is 12.2 Å². The van der Waals surface area contributed by atoms with E-state index in [4.69, 9.17) is 4.74 Å². The molecule has 2 nitrogen and oxygen atoms in total. The van der Waals surface area contributed by atoms with Crippen LogP contribution in [-0.2, 0) is 9.53 Å². The minimum Gasteiger partial charge on any atom is -0.463 e. The number of allylic oxidation sites excluding steroid dienone is 2. The van der Waals surface area contributed by atoms with Gasteiger partial charge in [0.1, 0.15) is 0 Å². The first-order valence-electron chi connectivity index (χ1n) is 7.51. The van der Waals surface area contributed by atoms with Crippen LogP contribution >= 0.6 is 0 Å². The fourth-order valence-electron chi connectivity index (χ4n) is 1.80. The van der Waals surface area contributed by atoms with Crippen molar-refractivity contribution in [1.29, 1.82) is 0 Å². The zero-order valence-corrected chi connectivity index (χ0v) is 12.4. The van der Waals surface area contributed by atoms with E-state index in [-0.39, 0.29) is 12.1 Å². The monoisotopic (exact) mass is 254 g/mol. The molecule has 0 amide bonds. The standard InChI is InChI=1S/C16H30O2/c1-4-5-6-7-8-9-10-11-12-13-14-16(17)18-15(2)3/h11-12,15H,4-10,13-14H2,1-3H3. The Morgan fingerprint density at radius 3 is 2.28 bits per heavy atom. The molecule has 0 aliphatic heterocycles. The highest BCUT2D eigenvalue weighted by molar-refractivity contribution is 5.69. The van der Waals surface area contributed by atoms with Gasteiger partial charge in [-0.25, -0.2) is 0 Å². The molecule has 2 heteroatoms. The highest BCUT2D eigenvalue weighted by Gasteiger charge is 2.02. The summed E-state index contributed by atoms with van der Waals surface area (Å²) in [7, 11) is 0. The maximum Gasteiger partial charge on any atom is 0.306 e. The van der Waals surface area contributed by atoms with E-state index in [0.29, 0.717) is 6.42 Å². The van der Waals surface area contributed by atoms with Crippen LogP contribution in [0.2, 0.25) is 0 Å². The van der Waals surface area contributed by atoms with Gasteiger partial charge in [0, 0.05) is 6.42 Å². The Labute approximate surface area is 113 Å². The lowest BCUT2D eigenvalue weighted by Gasteiger charge is -2.06. The van der Waals surface area contributed by atoms with Gasteiger partial charge >= 0.3 is 5.97 Å². The third-order valence-electron chi connectivity index (χ3n) is 2.77. The molecule has 0 unspecified atom stereocenters. The van der Waals surface area contributed by atoms with E-state index in [9.17, 15) is 4.79 Å². The summed E-state index contributed by atoms with van der Waals surface area (Å²) in [5.41, 5.74) is 0. The van der Waals surface area contributed by atoms with Gasteiger partial charge in [0.25, 0.3) is 0 Å². The number of unbranched alkanes of at least 4 members (excludes halogenated alkanes) is 6. The molecule has 0 atom stereocenters. The SMILES string of the molecule is CCCCCCCCC=CCCC(=O)OC(C)C. The molecular weight excluding hydrogens is 224 g/mol. The van der Waals surface area contributed by atoms with E-state index in [0.717, 1.165) is 12.8 Å². The average Bonchev–Trinajstić information content (AvgIpc) is 2.30. The van der Waals surface area contributed by atoms with Crippen molar-refractivity contribution in [1.82, 2.24) is 0 Å². The topological polar surface area (TPSA) is 26.3 Å². The van der Waals surface area contributed by atoms with Crippen molar-refractivity contribution in [2.75, 3.05) is 0 Å². The van der Waals surface area contributed by atoms with E-state index in [1.807, 2.05) is 13.8 Å². The van der Waals surface area contributed by atoms with Gasteiger partial charge in [-0.1, -0.05) is 51.2 Å². The maximum atomic E-state index is 11.2. The minimum atomic E-state index is -0.0887. The molecule has 0 aliphatic rings. The van der Waals surface area contributed by atoms with Crippen LogP contribution in [0.3, 0.4) is 0 Å². The van der Waals surface area contributed by atoms with Crippen molar-refractivity contribution in [3.05, 3.63) is 12.2 Å². The lowest BCUT2D eigenvalue weighted by molar-refractivity contribution is -0.147. The maximum absolute atomic E-state index is 11.2. The molecule has 0 aromatic rings. The van der Waals surface area contributed by atoms with Crippen LogP contribution in [0.5, 0.6) is 0 Å². The van der Waals surface area contributed by atoms with Crippen LogP contribution in [0.1, 0.15) is 78.6 Å². The number of rotatable bonds is 11. The third-order valence-corrected chi connectivity index (χ3v) is 2.77. The molecule has 0 rings (SSSR count). The predicted molar refractivity (Wildman–Crippen MR) is 77.6 cm³/mol. The Balaban J connectivity index is 3.25. The van der Waals surface area contributed by atoms with E-state index < -0.39 is 0 Å². The number of esters is 1. The molecule has 0 saturated carbocycles. The zero-order valence-electron chi connectivity index (χ0n) is 12.4. The molecule has 0 aromatic carbocycles. The van der Waals surface area contributed by atoms with Gasteiger partial charge in [-0.05, 0) is 33.1 Å². The van der Waals surface area contributed by atoms with Crippen molar-refractivity contribution < 1.29 is 9.53 Å². The summed E-state index contributed by atoms with van der Waals surface area (Å²) in [6.45, 7) is 6.01. The highest BCUT2D eigenvalue weighted by atomic mass is 16.5. The lowest BCUT2D eigenvalue weighted by Crippen LogP contribution is -2.10. The first-order chi connectivity index (χ1) is 8.66. The molecule has 106 valence electrons. The summed E-state index contributed by atoms with van der Waals surface area (Å²) >= 11 is 0. The molecule has 18 heavy (non-hydrogen) atoms. The Morgan fingerprint density at radius 2 is 1.61 bits per heavy atom. The number of hydrogen-bond donors (Lipinski definition) is 0. The van der Waals surface area contributed by atoms with Crippen LogP contribution in [0, 0.1) is 0 Å². The third kappa shape index (κ3) is 13.3. The molecule has 0 aromatic heterocycles. The minimum absolute atomic E-state index is 0.00426. The van der Waals surface area contributed by atoms with Crippen LogP contribution in [-0.4, -0.2) is 12.1 Å². The molecular formula is C16H30O2. The smallest absolute Gasteiger partial charge is 0.306 e. The van der Waals surface area contributed by atoms with E-state index in [1.165, 1.54) is 38.5 Å². The van der Waals surface area contributed by atoms with Gasteiger partial charge in [0.15, 0.2) is 0 Å². The molecule has 0 N–H and O–H groups in total. The normalized spacial score (nSPS) is 11.3. The van der Waals surface area contributed by atoms with Crippen molar-refractivity contribution >= 4 is 5.97 Å². The highest BCUT2D eigenvalue weighted by Crippen LogP contribution is 2.07. The summed E-state index contributed by atoms with van der Waals surface area (Å²) in [5, 5.41) is 0. The zero-order chi connectivity index (χ0) is 13.6. The van der Waals surface area contributed by atoms with Gasteiger partial charge in [0.05, 0.1) is 6.10 Å². The molecule has 0 saturated heterocycles. The molecule has 0 spiro atoms. The second-order valence-corrected chi connectivity index (χ2v) is 5.11. The van der Waals surface area contributed by atoms with Crippen LogP contribution in [0.25, 0.3) is 0 Å². The molecule has 0 aliphatic carbocycles. The first-order valence-corrected chi connectivity index (χ1v) is 7.51. The molecule has 0 heterocycles. The van der Waals surface area contributed by atoms with Gasteiger partial charge in [-0.15, -0.1) is 0 Å². The molecule has 0 radical (unpaired) electrons. The van der Waals surface area contributed by atoms with E-state index in [2.05, 4.69) is 19.1 Å². The van der Waals surface area contributed by atoms with Crippen LogP contribution in [0.4, 0.5) is 0 Å². The summed E-state index contributed by atoms with van der Waals surface area (Å²) in [6, 6.07) is 0. The lowest BCUT2D eigenvalue weighted by atomic mass is 10.1. The van der Waals surface area contributed by atoms with Crippen molar-refractivity contribution in [2.45, 2.75) is 84.7 Å². The molecule has 0 fully saturated rings.